The van der Waals surface area contributed by atoms with Crippen LogP contribution in [-0.4, -0.2) is 29.9 Å². The number of benzene rings is 1. The number of carbonyl (C=O) groups excluding carboxylic acids is 1. The summed E-state index contributed by atoms with van der Waals surface area (Å²) in [5.74, 6) is 0.177. The monoisotopic (exact) mass is 246 g/mol. The van der Waals surface area contributed by atoms with Gasteiger partial charge in [0.25, 0.3) is 5.91 Å². The molecule has 0 unspecified atom stereocenters. The number of nitrogens with one attached hydrogen (secondary N) is 1. The highest BCUT2D eigenvalue weighted by molar-refractivity contribution is 5.99. The van der Waals surface area contributed by atoms with E-state index < -0.39 is 0 Å². The molecule has 98 valence electrons. The molecule has 3 heteroatoms. The first-order valence-corrected chi connectivity index (χ1v) is 6.91. The minimum absolute atomic E-state index is 0.177. The zero-order chi connectivity index (χ0) is 13.0. The Kier molecular flexibility index (Phi) is 4.24. The number of anilines is 1. The Labute approximate surface area is 109 Å². The van der Waals surface area contributed by atoms with E-state index in [0.717, 1.165) is 43.6 Å². The van der Waals surface area contributed by atoms with Crippen LogP contribution in [0.1, 0.15) is 43.5 Å². The van der Waals surface area contributed by atoms with Gasteiger partial charge in [0.15, 0.2) is 0 Å². The topological polar surface area (TPSA) is 32.3 Å². The van der Waals surface area contributed by atoms with Crippen LogP contribution in [0.4, 0.5) is 5.69 Å². The van der Waals surface area contributed by atoms with Gasteiger partial charge in [-0.25, -0.2) is 0 Å². The van der Waals surface area contributed by atoms with Crippen molar-refractivity contribution in [3.63, 3.8) is 0 Å². The van der Waals surface area contributed by atoms with Crippen LogP contribution < -0.4 is 5.32 Å². The summed E-state index contributed by atoms with van der Waals surface area (Å²) >= 11 is 0. The third kappa shape index (κ3) is 2.84. The third-order valence-electron chi connectivity index (χ3n) is 3.24. The molecule has 0 atom stereocenters. The first-order valence-electron chi connectivity index (χ1n) is 6.91. The Morgan fingerprint density at radius 1 is 1.33 bits per heavy atom. The van der Waals surface area contributed by atoms with E-state index in [1.807, 2.05) is 36.1 Å². The van der Waals surface area contributed by atoms with Crippen LogP contribution in [0, 0.1) is 0 Å². The van der Waals surface area contributed by atoms with E-state index in [1.54, 1.807) is 0 Å². The highest BCUT2D eigenvalue weighted by atomic mass is 16.2. The van der Waals surface area contributed by atoms with Gasteiger partial charge in [-0.15, -0.1) is 0 Å². The molecule has 2 rings (SSSR count). The summed E-state index contributed by atoms with van der Waals surface area (Å²) in [5.41, 5.74) is 1.76. The van der Waals surface area contributed by atoms with E-state index >= 15 is 0 Å². The van der Waals surface area contributed by atoms with Crippen LogP contribution >= 0.6 is 0 Å². The smallest absolute Gasteiger partial charge is 0.256 e. The zero-order valence-electron chi connectivity index (χ0n) is 11.3. The second-order valence-corrected chi connectivity index (χ2v) is 4.81. The quantitative estimate of drug-likeness (QED) is 0.836. The summed E-state index contributed by atoms with van der Waals surface area (Å²) in [5, 5.41) is 3.27. The van der Waals surface area contributed by atoms with Crippen molar-refractivity contribution in [2.45, 2.75) is 39.2 Å². The van der Waals surface area contributed by atoms with Gasteiger partial charge in [0.05, 0.1) is 5.56 Å². The van der Waals surface area contributed by atoms with Crippen LogP contribution in [0.3, 0.4) is 0 Å². The van der Waals surface area contributed by atoms with Crippen molar-refractivity contribution < 1.29 is 4.79 Å². The third-order valence-corrected chi connectivity index (χ3v) is 3.24. The molecule has 1 saturated carbocycles. The number of para-hydroxylation sites is 1. The highest BCUT2D eigenvalue weighted by Crippen LogP contribution is 2.29. The molecule has 0 spiro atoms. The fourth-order valence-electron chi connectivity index (χ4n) is 2.25. The van der Waals surface area contributed by atoms with Gasteiger partial charge in [0, 0.05) is 24.8 Å². The van der Waals surface area contributed by atoms with Gasteiger partial charge in [-0.1, -0.05) is 19.1 Å². The molecule has 1 aliphatic carbocycles. The first-order chi connectivity index (χ1) is 8.77. The summed E-state index contributed by atoms with van der Waals surface area (Å²) in [4.78, 5) is 14.6. The predicted octanol–water partition coefficient (Wildman–Crippen LogP) is 3.13. The lowest BCUT2D eigenvalue weighted by Crippen LogP contribution is -2.34. The predicted molar refractivity (Wildman–Crippen MR) is 75.0 cm³/mol. The van der Waals surface area contributed by atoms with Gasteiger partial charge >= 0.3 is 0 Å². The fraction of sp³-hybridized carbons (Fsp3) is 0.533. The molecule has 1 aromatic rings. The molecule has 1 amide bonds. The first kappa shape index (κ1) is 12.9. The zero-order valence-corrected chi connectivity index (χ0v) is 11.3. The molecular weight excluding hydrogens is 224 g/mol. The largest absolute Gasteiger partial charge is 0.385 e. The molecule has 0 heterocycles. The molecular formula is C15H22N2O. The Morgan fingerprint density at radius 2 is 2.06 bits per heavy atom. The summed E-state index contributed by atoms with van der Waals surface area (Å²) in [6, 6.07) is 8.28. The van der Waals surface area contributed by atoms with Crippen LogP contribution in [-0.2, 0) is 0 Å². The Bertz CT molecular complexity index is 413. The average molecular weight is 246 g/mol. The summed E-state index contributed by atoms with van der Waals surface area (Å²) in [7, 11) is 0. The average Bonchev–Trinajstić information content (AvgIpc) is 3.20. The van der Waals surface area contributed by atoms with E-state index in [4.69, 9.17) is 0 Å². The minimum atomic E-state index is 0.177. The van der Waals surface area contributed by atoms with Crippen molar-refractivity contribution in [2.24, 2.45) is 0 Å². The van der Waals surface area contributed by atoms with Gasteiger partial charge in [-0.05, 0) is 38.3 Å². The van der Waals surface area contributed by atoms with E-state index in [2.05, 4.69) is 12.2 Å². The molecule has 1 aliphatic rings. The van der Waals surface area contributed by atoms with Crippen LogP contribution in [0.25, 0.3) is 0 Å². The molecule has 1 aromatic carbocycles. The van der Waals surface area contributed by atoms with Crippen molar-refractivity contribution in [2.75, 3.05) is 18.4 Å². The molecule has 0 aliphatic heterocycles. The van der Waals surface area contributed by atoms with E-state index in [1.165, 1.54) is 0 Å². The van der Waals surface area contributed by atoms with Crippen LogP contribution in [0.2, 0.25) is 0 Å². The fourth-order valence-corrected chi connectivity index (χ4v) is 2.25. The van der Waals surface area contributed by atoms with Crippen molar-refractivity contribution in [3.05, 3.63) is 29.8 Å². The number of hydrogen-bond acceptors (Lipinski definition) is 2. The SMILES string of the molecule is CCCN(C(=O)c1ccccc1NCC)C1CC1. The molecule has 18 heavy (non-hydrogen) atoms. The Morgan fingerprint density at radius 3 is 2.67 bits per heavy atom. The molecule has 3 nitrogen and oxygen atoms in total. The van der Waals surface area contributed by atoms with Gasteiger partial charge < -0.3 is 10.2 Å². The Hall–Kier alpha value is -1.51. The van der Waals surface area contributed by atoms with Gasteiger partial charge in [0.1, 0.15) is 0 Å². The maximum absolute atomic E-state index is 12.6. The van der Waals surface area contributed by atoms with Crippen molar-refractivity contribution >= 4 is 11.6 Å². The second kappa shape index (κ2) is 5.89. The van der Waals surface area contributed by atoms with E-state index in [0.29, 0.717) is 6.04 Å². The number of rotatable bonds is 6. The van der Waals surface area contributed by atoms with E-state index in [9.17, 15) is 4.79 Å². The van der Waals surface area contributed by atoms with E-state index in [-0.39, 0.29) is 5.91 Å². The molecule has 0 saturated heterocycles. The molecule has 1 N–H and O–H groups in total. The maximum atomic E-state index is 12.6. The molecule has 0 aromatic heterocycles. The minimum Gasteiger partial charge on any atom is -0.385 e. The number of nitrogens with zero attached hydrogens (tertiary/aromatic N) is 1. The van der Waals surface area contributed by atoms with Crippen LogP contribution in [0.15, 0.2) is 24.3 Å². The molecule has 1 fully saturated rings. The lowest BCUT2D eigenvalue weighted by atomic mass is 10.1. The highest BCUT2D eigenvalue weighted by Gasteiger charge is 2.32. The maximum Gasteiger partial charge on any atom is 0.256 e. The van der Waals surface area contributed by atoms with Crippen molar-refractivity contribution in [1.82, 2.24) is 4.90 Å². The number of carbonyl (C=O) groups is 1. The molecule has 0 bridgehead atoms. The summed E-state index contributed by atoms with van der Waals surface area (Å²) in [6.45, 7) is 5.87. The number of amides is 1. The van der Waals surface area contributed by atoms with Crippen molar-refractivity contribution in [1.29, 1.82) is 0 Å². The van der Waals surface area contributed by atoms with Gasteiger partial charge in [-0.2, -0.15) is 0 Å². The lowest BCUT2D eigenvalue weighted by Gasteiger charge is -2.23. The normalized spacial score (nSPS) is 14.3. The van der Waals surface area contributed by atoms with Crippen molar-refractivity contribution in [3.8, 4) is 0 Å². The molecule has 0 radical (unpaired) electrons. The summed E-state index contributed by atoms with van der Waals surface area (Å²) < 4.78 is 0. The lowest BCUT2D eigenvalue weighted by molar-refractivity contribution is 0.0744. The standard InChI is InChI=1S/C15H22N2O/c1-3-11-17(12-9-10-12)15(18)13-7-5-6-8-14(13)16-4-2/h5-8,12,16H,3-4,9-11H2,1-2H3. The summed E-state index contributed by atoms with van der Waals surface area (Å²) in [6.07, 6.45) is 3.34. The Balaban J connectivity index is 2.20. The van der Waals surface area contributed by atoms with Gasteiger partial charge in [-0.3, -0.25) is 4.79 Å². The van der Waals surface area contributed by atoms with Gasteiger partial charge in [0.2, 0.25) is 0 Å². The van der Waals surface area contributed by atoms with Crippen LogP contribution in [0.5, 0.6) is 0 Å². The second-order valence-electron chi connectivity index (χ2n) is 4.81. The number of hydrogen-bond donors (Lipinski definition) is 1.